The van der Waals surface area contributed by atoms with Gasteiger partial charge in [0.05, 0.1) is 16.7 Å². The lowest BCUT2D eigenvalue weighted by Crippen LogP contribution is -2.18. The lowest BCUT2D eigenvalue weighted by molar-refractivity contribution is -0.385. The highest BCUT2D eigenvalue weighted by atomic mass is 16.6. The quantitative estimate of drug-likeness (QED) is 0.468. The molecule has 0 aromatic carbocycles. The number of ether oxygens (including phenoxy) is 1. The standard InChI is InChI=1S/C15H20N6O5/c1-6-20-7-10(11(18-20)15(23)26-8(2)3)16-14(22)12-13(21(24)25)9(4)19(5)17-12/h7-8H,6H2,1-5H3,(H,16,22). The molecule has 0 radical (unpaired) electrons. The minimum absolute atomic E-state index is 0.0794. The van der Waals surface area contributed by atoms with Crippen LogP contribution in [0, 0.1) is 17.0 Å². The summed E-state index contributed by atoms with van der Waals surface area (Å²) in [4.78, 5) is 35.3. The molecule has 0 saturated carbocycles. The fourth-order valence-corrected chi connectivity index (χ4v) is 2.25. The van der Waals surface area contributed by atoms with Crippen LogP contribution in [0.25, 0.3) is 0 Å². The van der Waals surface area contributed by atoms with Crippen LogP contribution in [0.2, 0.25) is 0 Å². The second kappa shape index (κ2) is 7.33. The van der Waals surface area contributed by atoms with Crippen LogP contribution in [-0.4, -0.2) is 42.5 Å². The molecule has 2 aromatic rings. The van der Waals surface area contributed by atoms with E-state index in [1.165, 1.54) is 29.5 Å². The number of rotatable bonds is 6. The van der Waals surface area contributed by atoms with Crippen molar-refractivity contribution in [3.8, 4) is 0 Å². The van der Waals surface area contributed by atoms with Crippen LogP contribution in [0.15, 0.2) is 6.20 Å². The van der Waals surface area contributed by atoms with Crippen molar-refractivity contribution in [2.45, 2.75) is 40.3 Å². The van der Waals surface area contributed by atoms with Crippen molar-refractivity contribution >= 4 is 23.3 Å². The van der Waals surface area contributed by atoms with Crippen molar-refractivity contribution in [2.75, 3.05) is 5.32 Å². The number of aromatic nitrogens is 4. The van der Waals surface area contributed by atoms with Gasteiger partial charge >= 0.3 is 11.7 Å². The molecule has 11 nitrogen and oxygen atoms in total. The number of nitrogens with zero attached hydrogens (tertiary/aromatic N) is 5. The minimum Gasteiger partial charge on any atom is -0.458 e. The van der Waals surface area contributed by atoms with E-state index in [4.69, 9.17) is 4.74 Å². The molecule has 2 aromatic heterocycles. The van der Waals surface area contributed by atoms with Crippen molar-refractivity contribution in [3.63, 3.8) is 0 Å². The zero-order valence-corrected chi connectivity index (χ0v) is 15.1. The van der Waals surface area contributed by atoms with E-state index in [1.807, 2.05) is 6.92 Å². The molecule has 0 spiro atoms. The summed E-state index contributed by atoms with van der Waals surface area (Å²) in [6, 6.07) is 0. The van der Waals surface area contributed by atoms with Crippen LogP contribution in [-0.2, 0) is 18.3 Å². The maximum absolute atomic E-state index is 12.5. The van der Waals surface area contributed by atoms with Crippen LogP contribution in [0.1, 0.15) is 47.4 Å². The Labute approximate surface area is 149 Å². The van der Waals surface area contributed by atoms with Gasteiger partial charge in [0.2, 0.25) is 5.69 Å². The molecule has 1 N–H and O–H groups in total. The van der Waals surface area contributed by atoms with E-state index in [0.29, 0.717) is 6.54 Å². The average molecular weight is 364 g/mol. The molecule has 11 heteroatoms. The van der Waals surface area contributed by atoms with Crippen molar-refractivity contribution in [3.05, 3.63) is 33.4 Å². The van der Waals surface area contributed by atoms with Gasteiger partial charge < -0.3 is 10.1 Å². The van der Waals surface area contributed by atoms with Crippen LogP contribution < -0.4 is 5.32 Å². The number of hydrogen-bond donors (Lipinski definition) is 1. The Bertz CT molecular complexity index is 866. The second-order valence-electron chi connectivity index (χ2n) is 5.82. The Morgan fingerprint density at radius 1 is 1.35 bits per heavy atom. The zero-order chi connectivity index (χ0) is 19.6. The summed E-state index contributed by atoms with van der Waals surface area (Å²) in [5.41, 5.74) is -0.477. The third-order valence-corrected chi connectivity index (χ3v) is 3.57. The summed E-state index contributed by atoms with van der Waals surface area (Å²) in [6.45, 7) is 7.13. The molecule has 0 aliphatic rings. The molecule has 0 bridgehead atoms. The number of anilines is 1. The molecule has 1 amide bonds. The Kier molecular flexibility index (Phi) is 5.38. The Balaban J connectivity index is 2.38. The van der Waals surface area contributed by atoms with E-state index in [2.05, 4.69) is 15.5 Å². The molecule has 0 saturated heterocycles. The fourth-order valence-electron chi connectivity index (χ4n) is 2.25. The molecule has 0 unspecified atom stereocenters. The first-order valence-corrected chi connectivity index (χ1v) is 7.93. The molecular weight excluding hydrogens is 344 g/mol. The summed E-state index contributed by atoms with van der Waals surface area (Å²) >= 11 is 0. The van der Waals surface area contributed by atoms with E-state index in [-0.39, 0.29) is 34.6 Å². The van der Waals surface area contributed by atoms with Crippen molar-refractivity contribution < 1.29 is 19.2 Å². The largest absolute Gasteiger partial charge is 0.458 e. The Hall–Kier alpha value is -3.24. The molecule has 0 aliphatic carbocycles. The average Bonchev–Trinajstić information content (AvgIpc) is 3.08. The molecule has 2 rings (SSSR count). The van der Waals surface area contributed by atoms with E-state index < -0.39 is 16.8 Å². The number of aryl methyl sites for hydroxylation is 2. The van der Waals surface area contributed by atoms with Crippen LogP contribution >= 0.6 is 0 Å². The predicted molar refractivity (Wildman–Crippen MR) is 91.0 cm³/mol. The SMILES string of the molecule is CCn1cc(NC(=O)c2nn(C)c(C)c2[N+](=O)[O-])c(C(=O)OC(C)C)n1. The number of nitrogens with one attached hydrogen (secondary N) is 1. The first-order chi connectivity index (χ1) is 12.1. The van der Waals surface area contributed by atoms with Gasteiger partial charge in [-0.25, -0.2) is 4.79 Å². The first kappa shape index (κ1) is 19.1. The summed E-state index contributed by atoms with van der Waals surface area (Å²) in [7, 11) is 1.50. The summed E-state index contributed by atoms with van der Waals surface area (Å²) in [6.07, 6.45) is 1.09. The molecule has 0 fully saturated rings. The van der Waals surface area contributed by atoms with Gasteiger partial charge in [-0.05, 0) is 27.7 Å². The third-order valence-electron chi connectivity index (χ3n) is 3.57. The maximum atomic E-state index is 12.5. The summed E-state index contributed by atoms with van der Waals surface area (Å²) in [5, 5.41) is 21.7. The third kappa shape index (κ3) is 3.71. The van der Waals surface area contributed by atoms with E-state index >= 15 is 0 Å². The Morgan fingerprint density at radius 3 is 2.54 bits per heavy atom. The van der Waals surface area contributed by atoms with E-state index in [9.17, 15) is 19.7 Å². The lowest BCUT2D eigenvalue weighted by atomic mass is 10.2. The molecular formula is C15H20N6O5. The number of esters is 1. The van der Waals surface area contributed by atoms with Gasteiger partial charge in [-0.2, -0.15) is 10.2 Å². The maximum Gasteiger partial charge on any atom is 0.361 e. The van der Waals surface area contributed by atoms with Crippen molar-refractivity contribution in [1.82, 2.24) is 19.6 Å². The topological polar surface area (TPSA) is 134 Å². The number of carbonyl (C=O) groups excluding carboxylic acids is 2. The van der Waals surface area contributed by atoms with Gasteiger partial charge in [0.1, 0.15) is 5.69 Å². The smallest absolute Gasteiger partial charge is 0.361 e. The van der Waals surface area contributed by atoms with Gasteiger partial charge in [-0.15, -0.1) is 0 Å². The van der Waals surface area contributed by atoms with Crippen molar-refractivity contribution in [2.24, 2.45) is 7.05 Å². The number of carbonyl (C=O) groups is 2. The molecule has 0 aliphatic heterocycles. The Morgan fingerprint density at radius 2 is 2.00 bits per heavy atom. The van der Waals surface area contributed by atoms with Crippen LogP contribution in [0.3, 0.4) is 0 Å². The fraction of sp³-hybridized carbons (Fsp3) is 0.467. The van der Waals surface area contributed by atoms with Gasteiger partial charge in [-0.1, -0.05) is 0 Å². The van der Waals surface area contributed by atoms with Gasteiger partial charge in [-0.3, -0.25) is 24.3 Å². The van der Waals surface area contributed by atoms with Gasteiger partial charge in [0, 0.05) is 19.8 Å². The van der Waals surface area contributed by atoms with Gasteiger partial charge in [0.25, 0.3) is 5.91 Å². The molecule has 140 valence electrons. The summed E-state index contributed by atoms with van der Waals surface area (Å²) < 4.78 is 7.81. The molecule has 26 heavy (non-hydrogen) atoms. The second-order valence-corrected chi connectivity index (χ2v) is 5.82. The van der Waals surface area contributed by atoms with E-state index in [0.717, 1.165) is 0 Å². The zero-order valence-electron chi connectivity index (χ0n) is 15.1. The lowest BCUT2D eigenvalue weighted by Gasteiger charge is -2.07. The normalized spacial score (nSPS) is 10.8. The minimum atomic E-state index is -0.811. The highest BCUT2D eigenvalue weighted by molar-refractivity contribution is 6.08. The van der Waals surface area contributed by atoms with Crippen molar-refractivity contribution in [1.29, 1.82) is 0 Å². The highest BCUT2D eigenvalue weighted by Gasteiger charge is 2.30. The van der Waals surface area contributed by atoms with Crippen LogP contribution in [0.4, 0.5) is 11.4 Å². The van der Waals surface area contributed by atoms with Crippen LogP contribution in [0.5, 0.6) is 0 Å². The predicted octanol–water partition coefficient (Wildman–Crippen LogP) is 1.67. The monoisotopic (exact) mass is 364 g/mol. The number of nitro groups is 1. The van der Waals surface area contributed by atoms with Gasteiger partial charge in [0.15, 0.2) is 5.69 Å². The molecule has 2 heterocycles. The number of amides is 1. The highest BCUT2D eigenvalue weighted by Crippen LogP contribution is 2.24. The molecule has 0 atom stereocenters. The summed E-state index contributed by atoms with van der Waals surface area (Å²) in [5.74, 6) is -1.51. The number of hydrogen-bond acceptors (Lipinski definition) is 7. The van der Waals surface area contributed by atoms with E-state index in [1.54, 1.807) is 13.8 Å². The first-order valence-electron chi connectivity index (χ1n) is 7.93.